The highest BCUT2D eigenvalue weighted by Crippen LogP contribution is 2.22. The van der Waals surface area contributed by atoms with Crippen molar-refractivity contribution in [2.45, 2.75) is 25.3 Å². The summed E-state index contributed by atoms with van der Waals surface area (Å²) in [5.74, 6) is 0.363. The van der Waals surface area contributed by atoms with Crippen molar-refractivity contribution in [3.63, 3.8) is 0 Å². The molecule has 2 N–H and O–H groups in total. The first kappa shape index (κ1) is 14.1. The van der Waals surface area contributed by atoms with Crippen molar-refractivity contribution in [3.05, 3.63) is 36.0 Å². The minimum atomic E-state index is -0.370. The van der Waals surface area contributed by atoms with E-state index < -0.39 is 0 Å². The number of piperidine rings is 1. The summed E-state index contributed by atoms with van der Waals surface area (Å²) >= 11 is 0. The van der Waals surface area contributed by atoms with Gasteiger partial charge in [-0.25, -0.2) is 4.98 Å². The largest absolute Gasteiger partial charge is 0.356 e. The standard InChI is InChI=1S/C13H14N6O3/c20-10-5-8(1-2-16-10)12-18-11(22-19-12)7-17-13(21)9-6-14-3-4-15-9/h3-4,6,8H,1-2,5,7H2,(H,16,20)(H,17,21). The highest BCUT2D eigenvalue weighted by molar-refractivity contribution is 5.91. The van der Waals surface area contributed by atoms with Gasteiger partial charge in [0.25, 0.3) is 5.91 Å². The Labute approximate surface area is 125 Å². The maximum absolute atomic E-state index is 11.8. The molecule has 1 aliphatic heterocycles. The molecule has 2 amide bonds. The fourth-order valence-electron chi connectivity index (χ4n) is 2.17. The summed E-state index contributed by atoms with van der Waals surface area (Å²) in [5, 5.41) is 9.25. The zero-order valence-electron chi connectivity index (χ0n) is 11.7. The van der Waals surface area contributed by atoms with Gasteiger partial charge in [0.05, 0.1) is 12.7 Å². The SMILES string of the molecule is O=C1CC(c2noc(CNC(=O)c3cnccn3)n2)CCN1. The van der Waals surface area contributed by atoms with E-state index in [1.807, 2.05) is 0 Å². The van der Waals surface area contributed by atoms with Crippen molar-refractivity contribution in [3.8, 4) is 0 Å². The van der Waals surface area contributed by atoms with Crippen molar-refractivity contribution < 1.29 is 14.1 Å². The van der Waals surface area contributed by atoms with Crippen LogP contribution in [0.25, 0.3) is 0 Å². The van der Waals surface area contributed by atoms with Gasteiger partial charge in [0.2, 0.25) is 11.8 Å². The molecular weight excluding hydrogens is 288 g/mol. The average Bonchev–Trinajstić information content (AvgIpc) is 3.02. The maximum Gasteiger partial charge on any atom is 0.271 e. The van der Waals surface area contributed by atoms with Crippen LogP contribution in [0.3, 0.4) is 0 Å². The minimum Gasteiger partial charge on any atom is -0.356 e. The van der Waals surface area contributed by atoms with Crippen LogP contribution in [0.15, 0.2) is 23.1 Å². The topological polar surface area (TPSA) is 123 Å². The predicted molar refractivity (Wildman–Crippen MR) is 72.5 cm³/mol. The second kappa shape index (κ2) is 6.29. The van der Waals surface area contributed by atoms with Crippen molar-refractivity contribution >= 4 is 11.8 Å². The summed E-state index contributed by atoms with van der Waals surface area (Å²) in [6.07, 6.45) is 5.42. The smallest absolute Gasteiger partial charge is 0.271 e. The number of rotatable bonds is 4. The van der Waals surface area contributed by atoms with E-state index in [0.717, 1.165) is 6.42 Å². The van der Waals surface area contributed by atoms with Gasteiger partial charge in [-0.1, -0.05) is 5.16 Å². The van der Waals surface area contributed by atoms with Crippen molar-refractivity contribution in [1.29, 1.82) is 0 Å². The number of aromatic nitrogens is 4. The number of nitrogens with zero attached hydrogens (tertiary/aromatic N) is 4. The van der Waals surface area contributed by atoms with E-state index in [2.05, 4.69) is 30.7 Å². The molecule has 2 aromatic rings. The first-order valence-corrected chi connectivity index (χ1v) is 6.86. The molecule has 2 aromatic heterocycles. The van der Waals surface area contributed by atoms with Crippen molar-refractivity contribution in [2.75, 3.05) is 6.54 Å². The third-order valence-electron chi connectivity index (χ3n) is 3.29. The van der Waals surface area contributed by atoms with E-state index in [1.165, 1.54) is 18.6 Å². The molecule has 0 aromatic carbocycles. The summed E-state index contributed by atoms with van der Waals surface area (Å²) in [5.41, 5.74) is 0.214. The Morgan fingerprint density at radius 3 is 3.14 bits per heavy atom. The molecule has 0 bridgehead atoms. The number of nitrogens with one attached hydrogen (secondary N) is 2. The second-order valence-electron chi connectivity index (χ2n) is 4.86. The molecule has 0 spiro atoms. The quantitative estimate of drug-likeness (QED) is 0.800. The van der Waals surface area contributed by atoms with E-state index in [-0.39, 0.29) is 30.0 Å². The molecule has 9 heteroatoms. The van der Waals surface area contributed by atoms with Crippen LogP contribution < -0.4 is 10.6 Å². The molecule has 1 atom stereocenters. The summed E-state index contributed by atoms with van der Waals surface area (Å²) in [7, 11) is 0. The number of carbonyl (C=O) groups excluding carboxylic acids is 2. The number of amides is 2. The van der Waals surface area contributed by atoms with Crippen LogP contribution in [0.5, 0.6) is 0 Å². The Bertz CT molecular complexity index is 671. The Morgan fingerprint density at radius 1 is 1.45 bits per heavy atom. The van der Waals surface area contributed by atoms with Gasteiger partial charge in [0, 0.05) is 31.3 Å². The summed E-state index contributed by atoms with van der Waals surface area (Å²) in [4.78, 5) is 35.1. The number of hydrogen-bond acceptors (Lipinski definition) is 7. The highest BCUT2D eigenvalue weighted by atomic mass is 16.5. The lowest BCUT2D eigenvalue weighted by molar-refractivity contribution is -0.122. The molecule has 1 saturated heterocycles. The molecule has 9 nitrogen and oxygen atoms in total. The first-order valence-electron chi connectivity index (χ1n) is 6.86. The van der Waals surface area contributed by atoms with Crippen LogP contribution in [0.2, 0.25) is 0 Å². The van der Waals surface area contributed by atoms with Gasteiger partial charge in [-0.15, -0.1) is 0 Å². The van der Waals surface area contributed by atoms with Gasteiger partial charge in [0.15, 0.2) is 5.82 Å². The lowest BCUT2D eigenvalue weighted by Crippen LogP contribution is -2.32. The second-order valence-corrected chi connectivity index (χ2v) is 4.86. The summed E-state index contributed by atoms with van der Waals surface area (Å²) < 4.78 is 5.10. The van der Waals surface area contributed by atoms with Crippen LogP contribution in [0.1, 0.15) is 41.0 Å². The lowest BCUT2D eigenvalue weighted by Gasteiger charge is -2.18. The molecule has 1 unspecified atom stereocenters. The maximum atomic E-state index is 11.8. The Balaban J connectivity index is 1.58. The summed E-state index contributed by atoms with van der Waals surface area (Å²) in [6, 6.07) is 0. The van der Waals surface area contributed by atoms with E-state index in [4.69, 9.17) is 4.52 Å². The third kappa shape index (κ3) is 3.25. The average molecular weight is 302 g/mol. The van der Waals surface area contributed by atoms with Gasteiger partial charge >= 0.3 is 0 Å². The molecular formula is C13H14N6O3. The zero-order valence-corrected chi connectivity index (χ0v) is 11.7. The highest BCUT2D eigenvalue weighted by Gasteiger charge is 2.25. The molecule has 3 rings (SSSR count). The van der Waals surface area contributed by atoms with E-state index in [1.54, 1.807) is 0 Å². The molecule has 1 aliphatic rings. The molecule has 0 radical (unpaired) electrons. The van der Waals surface area contributed by atoms with E-state index in [9.17, 15) is 9.59 Å². The van der Waals surface area contributed by atoms with Crippen LogP contribution in [0, 0.1) is 0 Å². The monoisotopic (exact) mass is 302 g/mol. The van der Waals surface area contributed by atoms with Gasteiger partial charge in [-0.05, 0) is 6.42 Å². The van der Waals surface area contributed by atoms with Crippen LogP contribution >= 0.6 is 0 Å². The molecule has 1 fully saturated rings. The van der Waals surface area contributed by atoms with Crippen LogP contribution in [-0.4, -0.2) is 38.5 Å². The molecule has 0 aliphatic carbocycles. The first-order chi connectivity index (χ1) is 10.7. The molecule has 3 heterocycles. The number of hydrogen-bond donors (Lipinski definition) is 2. The zero-order chi connectivity index (χ0) is 15.4. The third-order valence-corrected chi connectivity index (χ3v) is 3.29. The minimum absolute atomic E-state index is 0.0152. The fourth-order valence-corrected chi connectivity index (χ4v) is 2.17. The summed E-state index contributed by atoms with van der Waals surface area (Å²) in [6.45, 7) is 0.706. The Kier molecular flexibility index (Phi) is 4.03. The molecule has 22 heavy (non-hydrogen) atoms. The van der Waals surface area contributed by atoms with E-state index >= 15 is 0 Å². The lowest BCUT2D eigenvalue weighted by atomic mass is 9.97. The van der Waals surface area contributed by atoms with Gasteiger partial charge in [0.1, 0.15) is 5.69 Å². The Morgan fingerprint density at radius 2 is 2.36 bits per heavy atom. The van der Waals surface area contributed by atoms with Gasteiger partial charge < -0.3 is 15.2 Å². The normalized spacial score (nSPS) is 17.8. The Hall–Kier alpha value is -2.84. The van der Waals surface area contributed by atoms with Crippen molar-refractivity contribution in [2.24, 2.45) is 0 Å². The van der Waals surface area contributed by atoms with Gasteiger partial charge in [-0.2, -0.15) is 4.98 Å². The molecule has 0 saturated carbocycles. The van der Waals surface area contributed by atoms with Crippen molar-refractivity contribution in [1.82, 2.24) is 30.7 Å². The van der Waals surface area contributed by atoms with Crippen LogP contribution in [0.4, 0.5) is 0 Å². The fraction of sp³-hybridized carbons (Fsp3) is 0.385. The van der Waals surface area contributed by atoms with Gasteiger partial charge in [-0.3, -0.25) is 14.6 Å². The predicted octanol–water partition coefficient (Wildman–Crippen LogP) is -0.217. The van der Waals surface area contributed by atoms with Crippen LogP contribution in [-0.2, 0) is 11.3 Å². The van der Waals surface area contributed by atoms with E-state index in [0.29, 0.717) is 24.7 Å². The number of carbonyl (C=O) groups is 2. The molecule has 114 valence electrons.